The first kappa shape index (κ1) is 10.3. The molecule has 2 N–H and O–H groups in total. The lowest BCUT2D eigenvalue weighted by Gasteiger charge is -2.07. The fraction of sp³-hybridized carbons (Fsp3) is 0.273. The second kappa shape index (κ2) is 4.13. The third-order valence-corrected chi connectivity index (χ3v) is 2.79. The van der Waals surface area contributed by atoms with Crippen molar-refractivity contribution in [2.75, 3.05) is 13.7 Å². The van der Waals surface area contributed by atoms with Crippen molar-refractivity contribution in [1.82, 2.24) is 0 Å². The predicted octanol–water partition coefficient (Wildman–Crippen LogP) is 2.60. The summed E-state index contributed by atoms with van der Waals surface area (Å²) in [7, 11) is 1.61. The van der Waals surface area contributed by atoms with Crippen molar-refractivity contribution < 1.29 is 9.15 Å². The predicted molar refractivity (Wildman–Crippen MR) is 60.5 cm³/mol. The largest absolute Gasteiger partial charge is 0.493 e. The SMILES string of the molecule is COc1cc(CCN)c(Cl)c2ccoc12. The molecule has 1 aromatic carbocycles. The van der Waals surface area contributed by atoms with Gasteiger partial charge in [0.1, 0.15) is 0 Å². The molecule has 15 heavy (non-hydrogen) atoms. The van der Waals surface area contributed by atoms with Crippen LogP contribution in [-0.2, 0) is 6.42 Å². The van der Waals surface area contributed by atoms with E-state index in [-0.39, 0.29) is 0 Å². The summed E-state index contributed by atoms with van der Waals surface area (Å²) in [5.74, 6) is 0.697. The number of ether oxygens (including phenoxy) is 1. The van der Waals surface area contributed by atoms with Crippen LogP contribution < -0.4 is 10.5 Å². The number of rotatable bonds is 3. The van der Waals surface area contributed by atoms with Crippen molar-refractivity contribution in [3.8, 4) is 5.75 Å². The van der Waals surface area contributed by atoms with E-state index in [0.717, 1.165) is 17.4 Å². The first-order valence-corrected chi connectivity index (χ1v) is 5.08. The van der Waals surface area contributed by atoms with Gasteiger partial charge in [0, 0.05) is 5.39 Å². The Labute approximate surface area is 92.8 Å². The number of nitrogens with two attached hydrogens (primary N) is 1. The summed E-state index contributed by atoms with van der Waals surface area (Å²) in [6, 6.07) is 3.71. The highest BCUT2D eigenvalue weighted by Gasteiger charge is 2.12. The standard InChI is InChI=1S/C11H12ClNO2/c1-14-9-6-7(2-4-13)10(12)8-3-5-15-11(8)9/h3,5-6H,2,4,13H2,1H3. The molecule has 4 heteroatoms. The maximum atomic E-state index is 6.22. The zero-order valence-corrected chi connectivity index (χ0v) is 9.17. The smallest absolute Gasteiger partial charge is 0.177 e. The van der Waals surface area contributed by atoms with E-state index in [1.807, 2.05) is 12.1 Å². The number of furan rings is 1. The van der Waals surface area contributed by atoms with E-state index in [1.54, 1.807) is 13.4 Å². The Hall–Kier alpha value is -1.19. The summed E-state index contributed by atoms with van der Waals surface area (Å²) < 4.78 is 10.5. The topological polar surface area (TPSA) is 48.4 Å². The normalized spacial score (nSPS) is 10.9. The molecule has 0 bridgehead atoms. The van der Waals surface area contributed by atoms with Crippen molar-refractivity contribution in [2.24, 2.45) is 5.73 Å². The molecule has 3 nitrogen and oxygen atoms in total. The Bertz CT molecular complexity index is 479. The highest BCUT2D eigenvalue weighted by Crippen LogP contribution is 2.35. The van der Waals surface area contributed by atoms with Crippen LogP contribution in [0.2, 0.25) is 5.02 Å². The summed E-state index contributed by atoms with van der Waals surface area (Å²) in [5.41, 5.74) is 7.19. The van der Waals surface area contributed by atoms with Gasteiger partial charge in [0.25, 0.3) is 0 Å². The number of benzene rings is 1. The molecule has 0 aliphatic carbocycles. The summed E-state index contributed by atoms with van der Waals surface area (Å²) in [6.45, 7) is 0.562. The molecule has 2 aromatic rings. The van der Waals surface area contributed by atoms with Crippen LogP contribution in [0.25, 0.3) is 11.0 Å². The maximum Gasteiger partial charge on any atom is 0.177 e. The van der Waals surface area contributed by atoms with E-state index in [1.165, 1.54) is 0 Å². The summed E-state index contributed by atoms with van der Waals surface area (Å²) in [4.78, 5) is 0. The molecule has 0 saturated carbocycles. The third kappa shape index (κ3) is 1.68. The molecule has 0 spiro atoms. The zero-order chi connectivity index (χ0) is 10.8. The van der Waals surface area contributed by atoms with Crippen LogP contribution in [0.3, 0.4) is 0 Å². The highest BCUT2D eigenvalue weighted by atomic mass is 35.5. The van der Waals surface area contributed by atoms with Crippen molar-refractivity contribution in [1.29, 1.82) is 0 Å². The van der Waals surface area contributed by atoms with Crippen LogP contribution in [0.1, 0.15) is 5.56 Å². The summed E-state index contributed by atoms with van der Waals surface area (Å²) in [5, 5.41) is 1.57. The number of fused-ring (bicyclic) bond motifs is 1. The van der Waals surface area contributed by atoms with E-state index in [9.17, 15) is 0 Å². The van der Waals surface area contributed by atoms with Crippen molar-refractivity contribution in [2.45, 2.75) is 6.42 Å². The Morgan fingerprint density at radius 1 is 1.53 bits per heavy atom. The zero-order valence-electron chi connectivity index (χ0n) is 8.42. The van der Waals surface area contributed by atoms with Crippen LogP contribution >= 0.6 is 11.6 Å². The van der Waals surface area contributed by atoms with Crippen LogP contribution in [0.5, 0.6) is 5.75 Å². The molecule has 0 aliphatic rings. The molecule has 0 fully saturated rings. The van der Waals surface area contributed by atoms with Gasteiger partial charge in [-0.25, -0.2) is 0 Å². The van der Waals surface area contributed by atoms with E-state index in [4.69, 9.17) is 26.5 Å². The van der Waals surface area contributed by atoms with Crippen molar-refractivity contribution in [3.05, 3.63) is 29.0 Å². The van der Waals surface area contributed by atoms with E-state index < -0.39 is 0 Å². The lowest BCUT2D eigenvalue weighted by atomic mass is 10.1. The quantitative estimate of drug-likeness (QED) is 0.874. The van der Waals surface area contributed by atoms with Gasteiger partial charge in [0.2, 0.25) is 0 Å². The second-order valence-electron chi connectivity index (χ2n) is 3.25. The first-order chi connectivity index (χ1) is 7.27. The fourth-order valence-corrected chi connectivity index (χ4v) is 1.92. The van der Waals surface area contributed by atoms with Gasteiger partial charge in [-0.3, -0.25) is 0 Å². The number of halogens is 1. The van der Waals surface area contributed by atoms with Crippen molar-refractivity contribution >= 4 is 22.6 Å². The van der Waals surface area contributed by atoms with Gasteiger partial charge in [0.05, 0.1) is 18.4 Å². The molecule has 0 aliphatic heterocycles. The van der Waals surface area contributed by atoms with E-state index >= 15 is 0 Å². The molecule has 0 saturated heterocycles. The minimum Gasteiger partial charge on any atom is -0.493 e. The lowest BCUT2D eigenvalue weighted by Crippen LogP contribution is -2.03. The molecule has 0 radical (unpaired) electrons. The molecule has 0 amide bonds. The molecule has 0 atom stereocenters. The monoisotopic (exact) mass is 225 g/mol. The van der Waals surface area contributed by atoms with Gasteiger partial charge in [0.15, 0.2) is 11.3 Å². The fourth-order valence-electron chi connectivity index (χ4n) is 1.62. The third-order valence-electron chi connectivity index (χ3n) is 2.35. The van der Waals surface area contributed by atoms with Crippen LogP contribution in [0.4, 0.5) is 0 Å². The number of methoxy groups -OCH3 is 1. The lowest BCUT2D eigenvalue weighted by molar-refractivity contribution is 0.410. The Kier molecular flexibility index (Phi) is 2.84. The summed E-state index contributed by atoms with van der Waals surface area (Å²) in [6.07, 6.45) is 2.33. The molecule has 1 aromatic heterocycles. The Morgan fingerprint density at radius 3 is 3.00 bits per heavy atom. The molecular formula is C11H12ClNO2. The molecule has 2 rings (SSSR count). The first-order valence-electron chi connectivity index (χ1n) is 4.70. The molecule has 0 unspecified atom stereocenters. The van der Waals surface area contributed by atoms with Gasteiger partial charge in [-0.15, -0.1) is 0 Å². The van der Waals surface area contributed by atoms with Crippen LogP contribution in [0.15, 0.2) is 22.8 Å². The Balaban J connectivity index is 2.67. The van der Waals surface area contributed by atoms with Gasteiger partial charge < -0.3 is 14.9 Å². The van der Waals surface area contributed by atoms with Gasteiger partial charge >= 0.3 is 0 Å². The molecular weight excluding hydrogens is 214 g/mol. The highest BCUT2D eigenvalue weighted by molar-refractivity contribution is 6.36. The van der Waals surface area contributed by atoms with E-state index in [2.05, 4.69) is 0 Å². The van der Waals surface area contributed by atoms with Crippen LogP contribution in [-0.4, -0.2) is 13.7 Å². The van der Waals surface area contributed by atoms with E-state index in [0.29, 0.717) is 22.9 Å². The second-order valence-corrected chi connectivity index (χ2v) is 3.63. The summed E-state index contributed by atoms with van der Waals surface area (Å²) >= 11 is 6.22. The van der Waals surface area contributed by atoms with Gasteiger partial charge in [-0.1, -0.05) is 11.6 Å². The van der Waals surface area contributed by atoms with Gasteiger partial charge in [-0.05, 0) is 30.7 Å². The maximum absolute atomic E-state index is 6.22. The minimum atomic E-state index is 0.562. The average Bonchev–Trinajstić information content (AvgIpc) is 2.71. The minimum absolute atomic E-state index is 0.562. The number of hydrogen-bond acceptors (Lipinski definition) is 3. The number of hydrogen-bond donors (Lipinski definition) is 1. The van der Waals surface area contributed by atoms with Crippen LogP contribution in [0, 0.1) is 0 Å². The van der Waals surface area contributed by atoms with Crippen molar-refractivity contribution in [3.63, 3.8) is 0 Å². The molecule has 80 valence electrons. The average molecular weight is 226 g/mol. The van der Waals surface area contributed by atoms with Gasteiger partial charge in [-0.2, -0.15) is 0 Å². The Morgan fingerprint density at radius 2 is 2.33 bits per heavy atom. The molecule has 1 heterocycles.